The summed E-state index contributed by atoms with van der Waals surface area (Å²) in [4.78, 5) is 11.9. The highest BCUT2D eigenvalue weighted by Gasteiger charge is 2.08. The average Bonchev–Trinajstić information content (AvgIpc) is 2.39. The lowest BCUT2D eigenvalue weighted by Gasteiger charge is -2.09. The average molecular weight is 324 g/mol. The maximum Gasteiger partial charge on any atom is 0.266 e. The van der Waals surface area contributed by atoms with Gasteiger partial charge in [0.1, 0.15) is 5.15 Å². The first-order valence-electron chi connectivity index (χ1n) is 5.16. The molecule has 0 aliphatic carbocycles. The number of nitriles is 1. The van der Waals surface area contributed by atoms with Crippen molar-refractivity contribution in [1.29, 1.82) is 5.26 Å². The Hall–Kier alpha value is -1.57. The van der Waals surface area contributed by atoms with E-state index >= 15 is 0 Å². The Balaban J connectivity index is 2.51. The van der Waals surface area contributed by atoms with Gasteiger partial charge < -0.3 is 0 Å². The first-order valence-corrected chi connectivity index (χ1v) is 6.33. The third-order valence-electron chi connectivity index (χ3n) is 2.54. The molecule has 0 atom stereocenters. The Bertz CT molecular complexity index is 688. The van der Waals surface area contributed by atoms with Gasteiger partial charge in [0.05, 0.1) is 22.7 Å². The summed E-state index contributed by atoms with van der Waals surface area (Å²) in [6.07, 6.45) is 0. The van der Waals surface area contributed by atoms with Crippen LogP contribution in [-0.2, 0) is 6.54 Å². The van der Waals surface area contributed by atoms with Gasteiger partial charge in [-0.05, 0) is 39.7 Å². The number of rotatable bonds is 2. The van der Waals surface area contributed by atoms with Crippen LogP contribution >= 0.6 is 27.5 Å². The SMILES string of the molecule is N#Cc1ccccc1Cn1c(Cl)ccc(Br)c1=O. The molecule has 0 aliphatic rings. The molecule has 3 nitrogen and oxygen atoms in total. The molecule has 2 rings (SSSR count). The Kier molecular flexibility index (Phi) is 3.85. The molecule has 0 amide bonds. The second kappa shape index (κ2) is 5.38. The summed E-state index contributed by atoms with van der Waals surface area (Å²) in [5.41, 5.74) is 1.10. The minimum absolute atomic E-state index is 0.213. The van der Waals surface area contributed by atoms with Crippen LogP contribution in [0.2, 0.25) is 5.15 Å². The fourth-order valence-electron chi connectivity index (χ4n) is 1.61. The molecule has 2 aromatic rings. The van der Waals surface area contributed by atoms with E-state index in [4.69, 9.17) is 16.9 Å². The van der Waals surface area contributed by atoms with Gasteiger partial charge in [-0.3, -0.25) is 9.36 Å². The van der Waals surface area contributed by atoms with Crippen molar-refractivity contribution in [3.8, 4) is 6.07 Å². The molecule has 1 heterocycles. The van der Waals surface area contributed by atoms with E-state index in [1.165, 1.54) is 4.57 Å². The van der Waals surface area contributed by atoms with Crippen molar-refractivity contribution in [2.24, 2.45) is 0 Å². The highest BCUT2D eigenvalue weighted by atomic mass is 79.9. The molecular weight excluding hydrogens is 316 g/mol. The zero-order valence-electron chi connectivity index (χ0n) is 9.23. The Morgan fingerprint density at radius 1 is 1.28 bits per heavy atom. The summed E-state index contributed by atoms with van der Waals surface area (Å²) in [5.74, 6) is 0. The Morgan fingerprint density at radius 2 is 2.00 bits per heavy atom. The normalized spacial score (nSPS) is 10.1. The molecule has 5 heteroatoms. The summed E-state index contributed by atoms with van der Waals surface area (Å²) < 4.78 is 1.86. The van der Waals surface area contributed by atoms with Gasteiger partial charge in [-0.2, -0.15) is 5.26 Å². The monoisotopic (exact) mass is 322 g/mol. The molecule has 0 spiro atoms. The maximum atomic E-state index is 11.9. The molecule has 0 radical (unpaired) electrons. The molecule has 0 aliphatic heterocycles. The molecule has 90 valence electrons. The summed E-state index contributed by atoms with van der Waals surface area (Å²) in [6, 6.07) is 12.5. The van der Waals surface area contributed by atoms with E-state index < -0.39 is 0 Å². The minimum Gasteiger partial charge on any atom is -0.294 e. The lowest BCUT2D eigenvalue weighted by atomic mass is 10.1. The number of hydrogen-bond donors (Lipinski definition) is 0. The third kappa shape index (κ3) is 2.47. The number of pyridine rings is 1. The van der Waals surface area contributed by atoms with E-state index in [-0.39, 0.29) is 12.1 Å². The van der Waals surface area contributed by atoms with Crippen LogP contribution < -0.4 is 5.56 Å². The van der Waals surface area contributed by atoms with Gasteiger partial charge in [0.15, 0.2) is 0 Å². The largest absolute Gasteiger partial charge is 0.294 e. The van der Waals surface area contributed by atoms with Crippen LogP contribution in [0.1, 0.15) is 11.1 Å². The van der Waals surface area contributed by atoms with Crippen LogP contribution in [0.3, 0.4) is 0 Å². The van der Waals surface area contributed by atoms with E-state index in [1.54, 1.807) is 24.3 Å². The fraction of sp³-hybridized carbons (Fsp3) is 0.0769. The molecule has 0 saturated heterocycles. The molecule has 0 N–H and O–H groups in total. The summed E-state index contributed by atoms with van der Waals surface area (Å²) in [6.45, 7) is 0.279. The second-order valence-electron chi connectivity index (χ2n) is 3.66. The summed E-state index contributed by atoms with van der Waals surface area (Å²) >= 11 is 9.18. The van der Waals surface area contributed by atoms with Crippen molar-refractivity contribution >= 4 is 27.5 Å². The number of hydrogen-bond acceptors (Lipinski definition) is 2. The summed E-state index contributed by atoms with van der Waals surface area (Å²) in [5, 5.41) is 9.35. The highest BCUT2D eigenvalue weighted by molar-refractivity contribution is 9.10. The van der Waals surface area contributed by atoms with Crippen LogP contribution in [0.25, 0.3) is 0 Å². The molecule has 1 aromatic heterocycles. The standard InChI is InChI=1S/C13H8BrClN2O/c14-11-5-6-12(15)17(13(11)18)8-10-4-2-1-3-9(10)7-16/h1-6H,8H2. The molecule has 18 heavy (non-hydrogen) atoms. The van der Waals surface area contributed by atoms with Gasteiger partial charge >= 0.3 is 0 Å². The van der Waals surface area contributed by atoms with Gasteiger partial charge in [0, 0.05) is 0 Å². The lowest BCUT2D eigenvalue weighted by Crippen LogP contribution is -2.22. The van der Waals surface area contributed by atoms with Gasteiger partial charge in [0.25, 0.3) is 5.56 Å². The van der Waals surface area contributed by atoms with Crippen LogP contribution in [0.15, 0.2) is 45.7 Å². The van der Waals surface area contributed by atoms with Gasteiger partial charge in [-0.25, -0.2) is 0 Å². The first kappa shape index (κ1) is 12.9. The predicted molar refractivity (Wildman–Crippen MR) is 73.7 cm³/mol. The maximum absolute atomic E-state index is 11.9. The van der Waals surface area contributed by atoms with Crippen molar-refractivity contribution in [3.63, 3.8) is 0 Å². The number of halogens is 2. The molecular formula is C13H8BrClN2O. The van der Waals surface area contributed by atoms with Crippen LogP contribution in [0.5, 0.6) is 0 Å². The number of benzene rings is 1. The first-order chi connectivity index (χ1) is 8.63. The van der Waals surface area contributed by atoms with Crippen molar-refractivity contribution in [3.05, 3.63) is 67.5 Å². The molecule has 0 bridgehead atoms. The molecule has 0 unspecified atom stereocenters. The van der Waals surface area contributed by atoms with E-state index in [1.807, 2.05) is 12.1 Å². The van der Waals surface area contributed by atoms with Gasteiger partial charge in [0.2, 0.25) is 0 Å². The van der Waals surface area contributed by atoms with Gasteiger partial charge in [-0.15, -0.1) is 0 Å². The van der Waals surface area contributed by atoms with Crippen molar-refractivity contribution < 1.29 is 0 Å². The molecule has 0 fully saturated rings. The molecule has 1 aromatic carbocycles. The zero-order chi connectivity index (χ0) is 13.1. The van der Waals surface area contributed by atoms with Crippen molar-refractivity contribution in [2.75, 3.05) is 0 Å². The van der Waals surface area contributed by atoms with Crippen LogP contribution in [0.4, 0.5) is 0 Å². The Morgan fingerprint density at radius 3 is 2.72 bits per heavy atom. The topological polar surface area (TPSA) is 45.8 Å². The highest BCUT2D eigenvalue weighted by Crippen LogP contribution is 2.14. The predicted octanol–water partition coefficient (Wildman–Crippen LogP) is 3.18. The number of aromatic nitrogens is 1. The van der Waals surface area contributed by atoms with E-state index in [0.717, 1.165) is 5.56 Å². The fourth-order valence-corrected chi connectivity index (χ4v) is 2.16. The molecule has 0 saturated carbocycles. The van der Waals surface area contributed by atoms with Crippen molar-refractivity contribution in [2.45, 2.75) is 6.54 Å². The van der Waals surface area contributed by atoms with E-state index in [9.17, 15) is 4.79 Å². The van der Waals surface area contributed by atoms with E-state index in [0.29, 0.717) is 15.2 Å². The van der Waals surface area contributed by atoms with E-state index in [2.05, 4.69) is 22.0 Å². The smallest absolute Gasteiger partial charge is 0.266 e. The van der Waals surface area contributed by atoms with Gasteiger partial charge in [-0.1, -0.05) is 29.8 Å². The Labute approximate surface area is 117 Å². The lowest BCUT2D eigenvalue weighted by molar-refractivity contribution is 0.754. The van der Waals surface area contributed by atoms with Crippen LogP contribution in [0, 0.1) is 11.3 Å². The third-order valence-corrected chi connectivity index (χ3v) is 3.47. The second-order valence-corrected chi connectivity index (χ2v) is 4.91. The summed E-state index contributed by atoms with van der Waals surface area (Å²) in [7, 11) is 0. The minimum atomic E-state index is -0.213. The van der Waals surface area contributed by atoms with Crippen molar-refractivity contribution in [1.82, 2.24) is 4.57 Å². The zero-order valence-corrected chi connectivity index (χ0v) is 11.6. The quantitative estimate of drug-likeness (QED) is 0.797. The van der Waals surface area contributed by atoms with Crippen LogP contribution in [-0.4, -0.2) is 4.57 Å². The number of nitrogens with zero attached hydrogens (tertiary/aromatic N) is 2.